The molecule has 4 heteroatoms. The molecule has 2 nitrogen and oxygen atoms in total. The summed E-state index contributed by atoms with van der Waals surface area (Å²) < 4.78 is 18.7. The molecule has 2 rings (SSSR count). The SMILES string of the molecule is CCC(CNC1CC1)Oc1ccc(F)c(Cl)c1. The van der Waals surface area contributed by atoms with Gasteiger partial charge in [0.2, 0.25) is 0 Å². The second-order valence-corrected chi connectivity index (χ2v) is 4.81. The quantitative estimate of drug-likeness (QED) is 0.844. The van der Waals surface area contributed by atoms with Gasteiger partial charge in [-0.1, -0.05) is 18.5 Å². The lowest BCUT2D eigenvalue weighted by Crippen LogP contribution is -2.32. The molecule has 0 bridgehead atoms. The second-order valence-electron chi connectivity index (χ2n) is 4.41. The normalized spacial score (nSPS) is 16.9. The highest BCUT2D eigenvalue weighted by molar-refractivity contribution is 6.30. The van der Waals surface area contributed by atoms with E-state index < -0.39 is 5.82 Å². The van der Waals surface area contributed by atoms with E-state index in [0.717, 1.165) is 13.0 Å². The minimum Gasteiger partial charge on any atom is -0.489 e. The molecule has 1 fully saturated rings. The lowest BCUT2D eigenvalue weighted by atomic mass is 10.2. The molecule has 0 aromatic heterocycles. The number of hydrogen-bond donors (Lipinski definition) is 1. The first kappa shape index (κ1) is 12.7. The molecule has 1 saturated carbocycles. The topological polar surface area (TPSA) is 21.3 Å². The molecule has 94 valence electrons. The summed E-state index contributed by atoms with van der Waals surface area (Å²) >= 11 is 5.71. The summed E-state index contributed by atoms with van der Waals surface area (Å²) in [5, 5.41) is 3.53. The summed E-state index contributed by atoms with van der Waals surface area (Å²) in [7, 11) is 0. The van der Waals surface area contributed by atoms with Crippen molar-refractivity contribution in [2.24, 2.45) is 0 Å². The Morgan fingerprint density at radius 2 is 2.29 bits per heavy atom. The standard InChI is InChI=1S/C13H17ClFNO/c1-2-10(8-16-9-3-4-9)17-11-5-6-13(15)12(14)7-11/h5-7,9-10,16H,2-4,8H2,1H3. The number of ether oxygens (including phenoxy) is 1. The highest BCUT2D eigenvalue weighted by atomic mass is 35.5. The van der Waals surface area contributed by atoms with Crippen LogP contribution in [0.1, 0.15) is 26.2 Å². The van der Waals surface area contributed by atoms with E-state index in [0.29, 0.717) is 11.8 Å². The van der Waals surface area contributed by atoms with Crippen LogP contribution in [0.4, 0.5) is 4.39 Å². The summed E-state index contributed by atoms with van der Waals surface area (Å²) in [6.45, 7) is 2.90. The minimum atomic E-state index is -0.414. The van der Waals surface area contributed by atoms with Gasteiger partial charge in [-0.15, -0.1) is 0 Å². The van der Waals surface area contributed by atoms with E-state index in [-0.39, 0.29) is 11.1 Å². The van der Waals surface area contributed by atoms with Gasteiger partial charge in [0.25, 0.3) is 0 Å². The maximum Gasteiger partial charge on any atom is 0.142 e. The first-order valence-corrected chi connectivity index (χ1v) is 6.42. The van der Waals surface area contributed by atoms with E-state index in [4.69, 9.17) is 16.3 Å². The van der Waals surface area contributed by atoms with Crippen molar-refractivity contribution in [1.82, 2.24) is 5.32 Å². The summed E-state index contributed by atoms with van der Waals surface area (Å²) in [4.78, 5) is 0. The van der Waals surface area contributed by atoms with Crippen LogP contribution < -0.4 is 10.1 Å². The van der Waals surface area contributed by atoms with Gasteiger partial charge in [0.15, 0.2) is 0 Å². The van der Waals surface area contributed by atoms with Crippen LogP contribution in [0, 0.1) is 5.82 Å². The number of hydrogen-bond acceptors (Lipinski definition) is 2. The van der Waals surface area contributed by atoms with Gasteiger partial charge < -0.3 is 10.1 Å². The smallest absolute Gasteiger partial charge is 0.142 e. The Morgan fingerprint density at radius 1 is 1.53 bits per heavy atom. The van der Waals surface area contributed by atoms with E-state index >= 15 is 0 Å². The molecule has 1 aromatic rings. The van der Waals surface area contributed by atoms with Gasteiger partial charge in [0, 0.05) is 18.7 Å². The summed E-state index contributed by atoms with van der Waals surface area (Å²) in [5.74, 6) is 0.212. The molecule has 0 radical (unpaired) electrons. The van der Waals surface area contributed by atoms with Gasteiger partial charge in [0.1, 0.15) is 17.7 Å². The first-order valence-electron chi connectivity index (χ1n) is 6.04. The molecular formula is C13H17ClFNO. The van der Waals surface area contributed by atoms with Crippen molar-refractivity contribution in [3.63, 3.8) is 0 Å². The maximum atomic E-state index is 13.0. The van der Waals surface area contributed by atoms with Gasteiger partial charge in [0.05, 0.1) is 5.02 Å². The van der Waals surface area contributed by atoms with Crippen LogP contribution in [-0.4, -0.2) is 18.7 Å². The number of nitrogens with one attached hydrogen (secondary N) is 1. The van der Waals surface area contributed by atoms with Gasteiger partial charge >= 0.3 is 0 Å². The number of halogens is 2. The van der Waals surface area contributed by atoms with Gasteiger partial charge in [-0.05, 0) is 31.4 Å². The minimum absolute atomic E-state index is 0.104. The summed E-state index contributed by atoms with van der Waals surface area (Å²) in [6.07, 6.45) is 3.55. The Morgan fingerprint density at radius 3 is 2.88 bits per heavy atom. The van der Waals surface area contributed by atoms with E-state index in [1.165, 1.54) is 25.0 Å². The van der Waals surface area contributed by atoms with Crippen LogP contribution >= 0.6 is 11.6 Å². The monoisotopic (exact) mass is 257 g/mol. The zero-order valence-corrected chi connectivity index (χ0v) is 10.6. The Balaban J connectivity index is 1.89. The third kappa shape index (κ3) is 3.86. The molecule has 0 saturated heterocycles. The molecule has 1 atom stereocenters. The fourth-order valence-electron chi connectivity index (χ4n) is 1.60. The third-order valence-corrected chi connectivity index (χ3v) is 3.15. The van der Waals surface area contributed by atoms with Crippen molar-refractivity contribution in [2.45, 2.75) is 38.3 Å². The molecule has 1 aliphatic carbocycles. The zero-order valence-electron chi connectivity index (χ0n) is 9.88. The van der Waals surface area contributed by atoms with E-state index in [1.807, 2.05) is 0 Å². The van der Waals surface area contributed by atoms with Crippen molar-refractivity contribution in [1.29, 1.82) is 0 Å². The summed E-state index contributed by atoms with van der Waals surface area (Å²) in [6, 6.07) is 5.14. The maximum absolute atomic E-state index is 13.0. The van der Waals surface area contributed by atoms with Crippen molar-refractivity contribution < 1.29 is 9.13 Å². The third-order valence-electron chi connectivity index (χ3n) is 2.86. The van der Waals surface area contributed by atoms with Crippen molar-refractivity contribution >= 4 is 11.6 Å². The molecule has 1 aliphatic rings. The van der Waals surface area contributed by atoms with E-state index in [2.05, 4.69) is 12.2 Å². The molecule has 0 aliphatic heterocycles. The molecule has 0 heterocycles. The molecule has 0 amide bonds. The second kappa shape index (κ2) is 5.69. The first-order chi connectivity index (χ1) is 8.19. The predicted molar refractivity (Wildman–Crippen MR) is 67.1 cm³/mol. The molecule has 17 heavy (non-hydrogen) atoms. The molecular weight excluding hydrogens is 241 g/mol. The molecule has 1 aromatic carbocycles. The van der Waals surface area contributed by atoms with Crippen molar-refractivity contribution in [2.75, 3.05) is 6.54 Å². The van der Waals surface area contributed by atoms with Gasteiger partial charge in [-0.2, -0.15) is 0 Å². The van der Waals surface area contributed by atoms with Crippen LogP contribution in [0.5, 0.6) is 5.75 Å². The Bertz CT molecular complexity index is 382. The Hall–Kier alpha value is -0.800. The Kier molecular flexibility index (Phi) is 4.24. The van der Waals surface area contributed by atoms with Crippen LogP contribution in [0.2, 0.25) is 5.02 Å². The molecule has 0 spiro atoms. The fraction of sp³-hybridized carbons (Fsp3) is 0.538. The average Bonchev–Trinajstić information content (AvgIpc) is 3.13. The predicted octanol–water partition coefficient (Wildman–Crippen LogP) is 3.39. The van der Waals surface area contributed by atoms with E-state index in [9.17, 15) is 4.39 Å². The van der Waals surface area contributed by atoms with Gasteiger partial charge in [-0.3, -0.25) is 0 Å². The fourth-order valence-corrected chi connectivity index (χ4v) is 1.77. The average molecular weight is 258 g/mol. The number of rotatable bonds is 6. The van der Waals surface area contributed by atoms with Crippen molar-refractivity contribution in [3.8, 4) is 5.75 Å². The van der Waals surface area contributed by atoms with Gasteiger partial charge in [-0.25, -0.2) is 4.39 Å². The van der Waals surface area contributed by atoms with Crippen LogP contribution in [-0.2, 0) is 0 Å². The largest absolute Gasteiger partial charge is 0.489 e. The molecule has 1 unspecified atom stereocenters. The Labute approximate surface area is 106 Å². The lowest BCUT2D eigenvalue weighted by molar-refractivity contribution is 0.192. The van der Waals surface area contributed by atoms with Crippen molar-refractivity contribution in [3.05, 3.63) is 29.0 Å². The van der Waals surface area contributed by atoms with E-state index in [1.54, 1.807) is 6.07 Å². The number of benzene rings is 1. The highest BCUT2D eigenvalue weighted by Gasteiger charge is 2.22. The highest BCUT2D eigenvalue weighted by Crippen LogP contribution is 2.23. The zero-order chi connectivity index (χ0) is 12.3. The van der Waals surface area contributed by atoms with Crippen LogP contribution in [0.3, 0.4) is 0 Å². The van der Waals surface area contributed by atoms with Crippen LogP contribution in [0.25, 0.3) is 0 Å². The molecule has 1 N–H and O–H groups in total. The lowest BCUT2D eigenvalue weighted by Gasteiger charge is -2.18. The summed E-state index contributed by atoms with van der Waals surface area (Å²) in [5.41, 5.74) is 0. The van der Waals surface area contributed by atoms with Crippen LogP contribution in [0.15, 0.2) is 18.2 Å².